The number of benzene rings is 1. The largest absolute Gasteiger partial charge is 0.362 e. The van der Waals surface area contributed by atoms with Gasteiger partial charge < -0.3 is 9.80 Å². The molecule has 19 heavy (non-hydrogen) atoms. The molecule has 0 spiro atoms. The summed E-state index contributed by atoms with van der Waals surface area (Å²) >= 11 is 0. The van der Waals surface area contributed by atoms with E-state index in [1.54, 1.807) is 12.1 Å². The van der Waals surface area contributed by atoms with Crippen LogP contribution in [0.4, 0.5) is 0 Å². The Morgan fingerprint density at radius 2 is 1.79 bits per heavy atom. The molecule has 0 aromatic heterocycles. The van der Waals surface area contributed by atoms with Crippen LogP contribution >= 0.6 is 0 Å². The van der Waals surface area contributed by atoms with E-state index in [0.717, 1.165) is 18.8 Å². The SMILES string of the molecule is CCN1C=CN(C)C1.Cc1ccc(S(=O)(=O)O)cc1. The Bertz CT molecular complexity index is 523. The zero-order valence-corrected chi connectivity index (χ0v) is 12.3. The van der Waals surface area contributed by atoms with Gasteiger partial charge in [-0.2, -0.15) is 8.42 Å². The zero-order chi connectivity index (χ0) is 14.5. The lowest BCUT2D eigenvalue weighted by molar-refractivity contribution is 0.308. The molecule has 106 valence electrons. The van der Waals surface area contributed by atoms with Crippen LogP contribution in [-0.4, -0.2) is 43.0 Å². The van der Waals surface area contributed by atoms with Gasteiger partial charge in [-0.05, 0) is 26.0 Å². The van der Waals surface area contributed by atoms with Gasteiger partial charge in [-0.1, -0.05) is 17.7 Å². The fourth-order valence-corrected chi connectivity index (χ4v) is 1.98. The van der Waals surface area contributed by atoms with E-state index >= 15 is 0 Å². The quantitative estimate of drug-likeness (QED) is 0.841. The molecule has 0 saturated carbocycles. The van der Waals surface area contributed by atoms with E-state index in [0.29, 0.717) is 0 Å². The highest BCUT2D eigenvalue weighted by Gasteiger charge is 2.06. The molecule has 0 saturated heterocycles. The van der Waals surface area contributed by atoms with Crippen LogP contribution in [0.3, 0.4) is 0 Å². The van der Waals surface area contributed by atoms with Crippen molar-refractivity contribution in [3.63, 3.8) is 0 Å². The predicted octanol–water partition coefficient (Wildman–Crippen LogP) is 1.92. The molecule has 0 atom stereocenters. The predicted molar refractivity (Wildman–Crippen MR) is 75.1 cm³/mol. The zero-order valence-electron chi connectivity index (χ0n) is 11.4. The van der Waals surface area contributed by atoms with Crippen molar-refractivity contribution in [1.82, 2.24) is 9.80 Å². The van der Waals surface area contributed by atoms with Crippen molar-refractivity contribution in [3.8, 4) is 0 Å². The van der Waals surface area contributed by atoms with Crippen LogP contribution in [0.2, 0.25) is 0 Å². The van der Waals surface area contributed by atoms with Crippen LogP contribution in [0.15, 0.2) is 41.6 Å². The maximum absolute atomic E-state index is 10.5. The van der Waals surface area contributed by atoms with Crippen LogP contribution in [0, 0.1) is 6.92 Å². The summed E-state index contributed by atoms with van der Waals surface area (Å²) < 4.78 is 29.6. The summed E-state index contributed by atoms with van der Waals surface area (Å²) in [4.78, 5) is 4.34. The molecule has 1 N–H and O–H groups in total. The van der Waals surface area contributed by atoms with Gasteiger partial charge in [-0.15, -0.1) is 0 Å². The van der Waals surface area contributed by atoms with E-state index in [1.807, 2.05) is 6.92 Å². The number of hydrogen-bond donors (Lipinski definition) is 1. The van der Waals surface area contributed by atoms with Gasteiger partial charge in [0.25, 0.3) is 10.1 Å². The Balaban J connectivity index is 0.000000200. The molecule has 1 aromatic rings. The van der Waals surface area contributed by atoms with Crippen molar-refractivity contribution in [1.29, 1.82) is 0 Å². The summed E-state index contributed by atoms with van der Waals surface area (Å²) in [6, 6.07) is 5.99. The van der Waals surface area contributed by atoms with E-state index in [9.17, 15) is 8.42 Å². The second-order valence-corrected chi connectivity index (χ2v) is 5.81. The molecule has 1 aliphatic rings. The van der Waals surface area contributed by atoms with E-state index in [1.165, 1.54) is 12.1 Å². The Labute approximate surface area is 114 Å². The lowest BCUT2D eigenvalue weighted by atomic mass is 10.2. The van der Waals surface area contributed by atoms with E-state index < -0.39 is 10.1 Å². The molecule has 2 rings (SSSR count). The lowest BCUT2D eigenvalue weighted by Gasteiger charge is -2.14. The van der Waals surface area contributed by atoms with Crippen LogP contribution in [0.5, 0.6) is 0 Å². The molecular formula is C13H20N2O3S. The van der Waals surface area contributed by atoms with Gasteiger partial charge in [0.2, 0.25) is 0 Å². The van der Waals surface area contributed by atoms with E-state index in [2.05, 4.69) is 36.2 Å². The molecule has 0 fully saturated rings. The summed E-state index contributed by atoms with van der Waals surface area (Å²) in [5, 5.41) is 0. The summed E-state index contributed by atoms with van der Waals surface area (Å²) in [6.07, 6.45) is 4.20. The van der Waals surface area contributed by atoms with E-state index in [-0.39, 0.29) is 4.90 Å². The first-order valence-electron chi connectivity index (χ1n) is 5.99. The third-order valence-electron chi connectivity index (χ3n) is 2.66. The molecule has 0 bridgehead atoms. The van der Waals surface area contributed by atoms with Gasteiger partial charge >= 0.3 is 0 Å². The van der Waals surface area contributed by atoms with Gasteiger partial charge in [0, 0.05) is 26.0 Å². The molecule has 1 aromatic carbocycles. The summed E-state index contributed by atoms with van der Waals surface area (Å²) in [7, 11) is -1.94. The third-order valence-corrected chi connectivity index (χ3v) is 3.53. The van der Waals surface area contributed by atoms with Crippen LogP contribution in [-0.2, 0) is 10.1 Å². The normalized spacial score (nSPS) is 14.3. The van der Waals surface area contributed by atoms with Crippen molar-refractivity contribution in [2.75, 3.05) is 20.3 Å². The maximum Gasteiger partial charge on any atom is 0.294 e. The highest BCUT2D eigenvalue weighted by Crippen LogP contribution is 2.08. The number of aryl methyl sites for hydroxylation is 1. The van der Waals surface area contributed by atoms with Gasteiger partial charge in [0.15, 0.2) is 0 Å². The van der Waals surface area contributed by atoms with Gasteiger partial charge in [0.05, 0.1) is 11.6 Å². The van der Waals surface area contributed by atoms with Crippen molar-refractivity contribution in [2.45, 2.75) is 18.7 Å². The van der Waals surface area contributed by atoms with Crippen LogP contribution in [0.1, 0.15) is 12.5 Å². The third kappa shape index (κ3) is 5.32. The van der Waals surface area contributed by atoms with Crippen LogP contribution in [0.25, 0.3) is 0 Å². The van der Waals surface area contributed by atoms with E-state index in [4.69, 9.17) is 4.55 Å². The Morgan fingerprint density at radius 3 is 2.11 bits per heavy atom. The van der Waals surface area contributed by atoms with Gasteiger partial charge in [-0.25, -0.2) is 0 Å². The first kappa shape index (κ1) is 15.5. The minimum Gasteiger partial charge on any atom is -0.362 e. The molecule has 0 unspecified atom stereocenters. The van der Waals surface area contributed by atoms with Crippen molar-refractivity contribution < 1.29 is 13.0 Å². The highest BCUT2D eigenvalue weighted by atomic mass is 32.2. The molecular weight excluding hydrogens is 264 g/mol. The number of hydrogen-bond acceptors (Lipinski definition) is 4. The topological polar surface area (TPSA) is 60.9 Å². The smallest absolute Gasteiger partial charge is 0.294 e. The molecule has 0 aliphatic carbocycles. The molecule has 0 amide bonds. The van der Waals surface area contributed by atoms with Crippen molar-refractivity contribution >= 4 is 10.1 Å². The standard InChI is InChI=1S/C7H8O3S.C6H12N2/c1-6-2-4-7(5-3-6)11(8,9)10;1-3-8-5-4-7(2)6-8/h2-5H,1H3,(H,8,9,10);4-5H,3,6H2,1-2H3. The second kappa shape index (κ2) is 6.58. The maximum atomic E-state index is 10.5. The summed E-state index contributed by atoms with van der Waals surface area (Å²) in [5.74, 6) is 0. The fourth-order valence-electron chi connectivity index (χ4n) is 1.50. The monoisotopic (exact) mass is 284 g/mol. The lowest BCUT2D eigenvalue weighted by Crippen LogP contribution is -2.21. The Morgan fingerprint density at radius 1 is 1.21 bits per heavy atom. The Kier molecular flexibility index (Phi) is 5.38. The summed E-state index contributed by atoms with van der Waals surface area (Å²) in [5.41, 5.74) is 0.956. The highest BCUT2D eigenvalue weighted by molar-refractivity contribution is 7.85. The Hall–Kier alpha value is -1.53. The van der Waals surface area contributed by atoms with Gasteiger partial charge in [-0.3, -0.25) is 4.55 Å². The molecule has 1 aliphatic heterocycles. The molecule has 1 heterocycles. The minimum absolute atomic E-state index is 0.0666. The van der Waals surface area contributed by atoms with Gasteiger partial charge in [0.1, 0.15) is 0 Å². The average molecular weight is 284 g/mol. The van der Waals surface area contributed by atoms with Crippen molar-refractivity contribution in [2.24, 2.45) is 0 Å². The molecule has 0 radical (unpaired) electrons. The average Bonchev–Trinajstić information content (AvgIpc) is 2.75. The van der Waals surface area contributed by atoms with Crippen molar-refractivity contribution in [3.05, 3.63) is 42.2 Å². The molecule has 5 nitrogen and oxygen atoms in total. The fraction of sp³-hybridized carbons (Fsp3) is 0.385. The number of nitrogens with zero attached hydrogens (tertiary/aromatic N) is 2. The summed E-state index contributed by atoms with van der Waals surface area (Å²) in [6.45, 7) is 6.16. The first-order chi connectivity index (χ1) is 8.82. The first-order valence-corrected chi connectivity index (χ1v) is 7.43. The minimum atomic E-state index is -4.02. The second-order valence-electron chi connectivity index (χ2n) is 4.39. The number of rotatable bonds is 2. The van der Waals surface area contributed by atoms with Crippen LogP contribution < -0.4 is 0 Å². The molecule has 6 heteroatoms.